The van der Waals surface area contributed by atoms with Crippen LogP contribution in [0.25, 0.3) is 0 Å². The number of rotatable bonds is 2. The summed E-state index contributed by atoms with van der Waals surface area (Å²) in [6.07, 6.45) is 0. The molecule has 0 saturated heterocycles. The van der Waals surface area contributed by atoms with Crippen LogP contribution in [0.2, 0.25) is 10.0 Å². The maximum Gasteiger partial charge on any atom is 0.256 e. The molecule has 1 N–H and O–H groups in total. The van der Waals surface area contributed by atoms with E-state index in [9.17, 15) is 4.79 Å². The summed E-state index contributed by atoms with van der Waals surface area (Å²) in [5.41, 5.74) is 1.97. The highest BCUT2D eigenvalue weighted by atomic mass is 79.9. The van der Waals surface area contributed by atoms with Crippen molar-refractivity contribution in [3.63, 3.8) is 0 Å². The second-order valence-corrected chi connectivity index (χ2v) is 6.78. The number of hydrogen-bond acceptors (Lipinski definition) is 2. The Balaban J connectivity index is 2.24. The summed E-state index contributed by atoms with van der Waals surface area (Å²) in [7, 11) is 0. The van der Waals surface area contributed by atoms with Gasteiger partial charge < -0.3 is 5.32 Å². The Hall–Kier alpha value is -0.550. The lowest BCUT2D eigenvalue weighted by atomic mass is 10.2. The van der Waals surface area contributed by atoms with Crippen molar-refractivity contribution in [2.24, 2.45) is 0 Å². The molecule has 0 aliphatic carbocycles. The quantitative estimate of drug-likeness (QED) is 0.761. The number of thiophene rings is 1. The van der Waals surface area contributed by atoms with Gasteiger partial charge in [0.15, 0.2) is 0 Å². The first-order valence-corrected chi connectivity index (χ1v) is 7.41. The standard InChI is InChI=1S/C12H8BrCl2NOS/c1-6-2-9(15)10(4-8(6)14)16-12(17)7-3-11(13)18-5-7/h2-5H,1H3,(H,16,17). The molecule has 2 nitrogen and oxygen atoms in total. The van der Waals surface area contributed by atoms with Gasteiger partial charge in [-0.1, -0.05) is 23.2 Å². The zero-order chi connectivity index (χ0) is 13.3. The number of benzene rings is 1. The summed E-state index contributed by atoms with van der Waals surface area (Å²) < 4.78 is 0.903. The van der Waals surface area contributed by atoms with E-state index in [1.807, 2.05) is 6.92 Å². The van der Waals surface area contributed by atoms with Crippen LogP contribution in [0.15, 0.2) is 27.4 Å². The van der Waals surface area contributed by atoms with Gasteiger partial charge in [0.2, 0.25) is 0 Å². The van der Waals surface area contributed by atoms with E-state index >= 15 is 0 Å². The zero-order valence-electron chi connectivity index (χ0n) is 9.26. The Bertz CT molecular complexity index is 612. The molecule has 1 aromatic heterocycles. The number of nitrogens with one attached hydrogen (secondary N) is 1. The highest BCUT2D eigenvalue weighted by Crippen LogP contribution is 2.29. The second-order valence-electron chi connectivity index (χ2n) is 3.67. The first-order chi connectivity index (χ1) is 8.47. The van der Waals surface area contributed by atoms with Gasteiger partial charge in [-0.2, -0.15) is 0 Å². The summed E-state index contributed by atoms with van der Waals surface area (Å²) in [6, 6.07) is 5.13. The molecule has 0 fully saturated rings. The molecule has 2 rings (SSSR count). The van der Waals surface area contributed by atoms with E-state index in [1.54, 1.807) is 23.6 Å². The van der Waals surface area contributed by atoms with Crippen LogP contribution < -0.4 is 5.32 Å². The average molecular weight is 365 g/mol. The van der Waals surface area contributed by atoms with Crippen LogP contribution in [0.3, 0.4) is 0 Å². The van der Waals surface area contributed by atoms with Crippen molar-refractivity contribution in [2.45, 2.75) is 6.92 Å². The van der Waals surface area contributed by atoms with Crippen LogP contribution in [0, 0.1) is 6.92 Å². The van der Waals surface area contributed by atoms with Crippen LogP contribution >= 0.6 is 50.5 Å². The number of carbonyl (C=O) groups excluding carboxylic acids is 1. The van der Waals surface area contributed by atoms with Crippen molar-refractivity contribution >= 4 is 62.1 Å². The zero-order valence-corrected chi connectivity index (χ0v) is 13.2. The average Bonchev–Trinajstić information content (AvgIpc) is 2.73. The molecule has 1 aromatic carbocycles. The van der Waals surface area contributed by atoms with Gasteiger partial charge in [0.1, 0.15) is 0 Å². The first kappa shape index (κ1) is 13.9. The smallest absolute Gasteiger partial charge is 0.256 e. The minimum absolute atomic E-state index is 0.209. The predicted octanol–water partition coefficient (Wildman–Crippen LogP) is 5.38. The van der Waals surface area contributed by atoms with Crippen LogP contribution in [-0.4, -0.2) is 5.91 Å². The van der Waals surface area contributed by atoms with Gasteiger partial charge in [0.25, 0.3) is 5.91 Å². The van der Waals surface area contributed by atoms with Gasteiger partial charge in [-0.05, 0) is 46.6 Å². The topological polar surface area (TPSA) is 29.1 Å². The molecule has 0 atom stereocenters. The van der Waals surface area contributed by atoms with E-state index in [1.165, 1.54) is 11.3 Å². The molecule has 6 heteroatoms. The van der Waals surface area contributed by atoms with Crippen molar-refractivity contribution in [2.75, 3.05) is 5.32 Å². The van der Waals surface area contributed by atoms with Crippen LogP contribution in [0.4, 0.5) is 5.69 Å². The lowest BCUT2D eigenvalue weighted by Gasteiger charge is -2.08. The van der Waals surface area contributed by atoms with Crippen molar-refractivity contribution < 1.29 is 4.79 Å². The number of amides is 1. The molecular formula is C12H8BrCl2NOS. The Kier molecular flexibility index (Phi) is 4.33. The SMILES string of the molecule is Cc1cc(Cl)c(NC(=O)c2csc(Br)c2)cc1Cl. The number of anilines is 1. The van der Waals surface area contributed by atoms with Crippen LogP contribution in [-0.2, 0) is 0 Å². The maximum absolute atomic E-state index is 11.9. The molecule has 1 amide bonds. The monoisotopic (exact) mass is 363 g/mol. The Morgan fingerprint density at radius 2 is 2.00 bits per heavy atom. The molecule has 0 unspecified atom stereocenters. The maximum atomic E-state index is 11.9. The largest absolute Gasteiger partial charge is 0.321 e. The van der Waals surface area contributed by atoms with Crippen molar-refractivity contribution in [1.82, 2.24) is 0 Å². The van der Waals surface area contributed by atoms with Gasteiger partial charge in [-0.3, -0.25) is 4.79 Å². The highest BCUT2D eigenvalue weighted by Gasteiger charge is 2.11. The minimum atomic E-state index is -0.209. The van der Waals surface area contributed by atoms with E-state index < -0.39 is 0 Å². The molecule has 0 radical (unpaired) electrons. The fourth-order valence-corrected chi connectivity index (χ4v) is 2.93. The number of hydrogen-bond donors (Lipinski definition) is 1. The molecule has 2 aromatic rings. The Morgan fingerprint density at radius 3 is 2.61 bits per heavy atom. The van der Waals surface area contributed by atoms with Gasteiger partial charge in [-0.15, -0.1) is 11.3 Å². The molecule has 0 saturated carbocycles. The lowest BCUT2D eigenvalue weighted by Crippen LogP contribution is -2.11. The van der Waals surface area contributed by atoms with Gasteiger partial charge in [0, 0.05) is 10.4 Å². The molecular weight excluding hydrogens is 357 g/mol. The summed E-state index contributed by atoms with van der Waals surface area (Å²) in [4.78, 5) is 11.9. The molecule has 94 valence electrons. The molecule has 0 bridgehead atoms. The lowest BCUT2D eigenvalue weighted by molar-refractivity contribution is 0.102. The number of aryl methyl sites for hydroxylation is 1. The highest BCUT2D eigenvalue weighted by molar-refractivity contribution is 9.11. The number of halogens is 3. The van der Waals surface area contributed by atoms with E-state index in [4.69, 9.17) is 23.2 Å². The third-order valence-electron chi connectivity index (χ3n) is 2.33. The molecule has 0 spiro atoms. The van der Waals surface area contributed by atoms with Gasteiger partial charge in [-0.25, -0.2) is 0 Å². The Morgan fingerprint density at radius 1 is 1.28 bits per heavy atom. The van der Waals surface area contributed by atoms with Crippen molar-refractivity contribution in [3.05, 3.63) is 48.5 Å². The van der Waals surface area contributed by atoms with E-state index in [2.05, 4.69) is 21.2 Å². The summed E-state index contributed by atoms with van der Waals surface area (Å²) >= 11 is 16.8. The molecule has 18 heavy (non-hydrogen) atoms. The minimum Gasteiger partial charge on any atom is -0.321 e. The third-order valence-corrected chi connectivity index (χ3v) is 4.55. The van der Waals surface area contributed by atoms with Gasteiger partial charge in [0.05, 0.1) is 20.1 Å². The van der Waals surface area contributed by atoms with Crippen molar-refractivity contribution in [3.8, 4) is 0 Å². The van der Waals surface area contributed by atoms with E-state index in [-0.39, 0.29) is 5.91 Å². The fraction of sp³-hybridized carbons (Fsp3) is 0.0833. The summed E-state index contributed by atoms with van der Waals surface area (Å²) in [5, 5.41) is 5.55. The third kappa shape index (κ3) is 3.06. The Labute approximate surface area is 127 Å². The number of carbonyl (C=O) groups is 1. The second kappa shape index (κ2) is 5.61. The van der Waals surface area contributed by atoms with Crippen LogP contribution in [0.1, 0.15) is 15.9 Å². The normalized spacial score (nSPS) is 10.4. The molecule has 0 aliphatic rings. The summed E-state index contributed by atoms with van der Waals surface area (Å²) in [6.45, 7) is 1.86. The molecule has 1 heterocycles. The van der Waals surface area contributed by atoms with Gasteiger partial charge >= 0.3 is 0 Å². The predicted molar refractivity (Wildman–Crippen MR) is 81.2 cm³/mol. The van der Waals surface area contributed by atoms with Crippen LogP contribution in [0.5, 0.6) is 0 Å². The fourth-order valence-electron chi connectivity index (χ4n) is 1.37. The summed E-state index contributed by atoms with van der Waals surface area (Å²) in [5.74, 6) is -0.209. The molecule has 0 aliphatic heterocycles. The van der Waals surface area contributed by atoms with E-state index in [0.717, 1.165) is 9.35 Å². The van der Waals surface area contributed by atoms with Crippen molar-refractivity contribution in [1.29, 1.82) is 0 Å². The van der Waals surface area contributed by atoms with E-state index in [0.29, 0.717) is 21.3 Å². The first-order valence-electron chi connectivity index (χ1n) is 4.98.